The summed E-state index contributed by atoms with van der Waals surface area (Å²) in [7, 11) is -3.98. The molecule has 1 aromatic carbocycles. The largest absolute Gasteiger partial charge is 0.417 e. The first kappa shape index (κ1) is 25.4. The van der Waals surface area contributed by atoms with Crippen LogP contribution in [0.2, 0.25) is 0 Å². The van der Waals surface area contributed by atoms with Crippen molar-refractivity contribution < 1.29 is 31.2 Å². The molecule has 1 atom stereocenters. The fourth-order valence-electron chi connectivity index (χ4n) is 3.44. The number of nitrogens with zero attached hydrogens (tertiary/aromatic N) is 3. The van der Waals surface area contributed by atoms with Gasteiger partial charge in [-0.25, -0.2) is 13.4 Å². The van der Waals surface area contributed by atoms with Crippen LogP contribution in [0.15, 0.2) is 47.5 Å². The average molecular weight is 500 g/mol. The van der Waals surface area contributed by atoms with Gasteiger partial charge in [-0.2, -0.15) is 17.9 Å². The van der Waals surface area contributed by atoms with Crippen LogP contribution in [0.25, 0.3) is 0 Å². The fraction of sp³-hybridized carbons (Fsp3) is 0.381. The van der Waals surface area contributed by atoms with Crippen LogP contribution < -0.4 is 14.9 Å². The summed E-state index contributed by atoms with van der Waals surface area (Å²) in [5.41, 5.74) is -0.396. The molecule has 184 valence electrons. The van der Waals surface area contributed by atoms with Crippen molar-refractivity contribution in [1.29, 1.82) is 0 Å². The number of anilines is 2. The maximum atomic E-state index is 12.8. The zero-order valence-corrected chi connectivity index (χ0v) is 19.3. The third-order valence-corrected chi connectivity index (χ3v) is 6.73. The molecule has 0 aliphatic carbocycles. The number of aromatic nitrogens is 1. The van der Waals surface area contributed by atoms with Crippen LogP contribution in [0.5, 0.6) is 0 Å². The Balaban J connectivity index is 1.56. The van der Waals surface area contributed by atoms with Gasteiger partial charge in [0.05, 0.1) is 16.5 Å². The van der Waals surface area contributed by atoms with E-state index in [0.717, 1.165) is 12.3 Å². The molecule has 2 amide bonds. The SMILES string of the molecule is CC(=O)Nc1ccc(S(=O)(=O)NC(C)C(=O)N2CCN(c3ccc(C(F)(F)F)cn3)CC2)cc1. The van der Waals surface area contributed by atoms with Crippen molar-refractivity contribution in [2.24, 2.45) is 0 Å². The number of hydrogen-bond acceptors (Lipinski definition) is 6. The van der Waals surface area contributed by atoms with Gasteiger partial charge in [-0.15, -0.1) is 0 Å². The molecule has 1 saturated heterocycles. The minimum atomic E-state index is -4.46. The number of carbonyl (C=O) groups is 2. The van der Waals surface area contributed by atoms with Gasteiger partial charge in [-0.3, -0.25) is 9.59 Å². The van der Waals surface area contributed by atoms with Crippen LogP contribution >= 0.6 is 0 Å². The molecule has 2 heterocycles. The Kier molecular flexibility index (Phi) is 7.46. The predicted octanol–water partition coefficient (Wildman–Crippen LogP) is 2.07. The Hall–Kier alpha value is -3.19. The van der Waals surface area contributed by atoms with Gasteiger partial charge in [0.2, 0.25) is 21.8 Å². The second kappa shape index (κ2) is 9.97. The van der Waals surface area contributed by atoms with Gasteiger partial charge in [0, 0.05) is 45.0 Å². The highest BCUT2D eigenvalue weighted by Gasteiger charge is 2.32. The normalized spacial score (nSPS) is 15.7. The van der Waals surface area contributed by atoms with Crippen LogP contribution in [0, 0.1) is 0 Å². The smallest absolute Gasteiger partial charge is 0.353 e. The number of amides is 2. The molecule has 1 aromatic heterocycles. The zero-order valence-electron chi connectivity index (χ0n) is 18.5. The monoisotopic (exact) mass is 499 g/mol. The Morgan fingerprint density at radius 2 is 1.65 bits per heavy atom. The second-order valence-electron chi connectivity index (χ2n) is 7.76. The molecule has 0 saturated carbocycles. The number of rotatable bonds is 6. The molecule has 13 heteroatoms. The van der Waals surface area contributed by atoms with Gasteiger partial charge >= 0.3 is 6.18 Å². The summed E-state index contributed by atoms with van der Waals surface area (Å²) in [5, 5.41) is 2.54. The van der Waals surface area contributed by atoms with E-state index in [4.69, 9.17) is 0 Å². The highest BCUT2D eigenvalue weighted by molar-refractivity contribution is 7.89. The van der Waals surface area contributed by atoms with Gasteiger partial charge in [0.25, 0.3) is 0 Å². The lowest BCUT2D eigenvalue weighted by molar-refractivity contribution is -0.138. The molecule has 1 fully saturated rings. The van der Waals surface area contributed by atoms with Gasteiger partial charge in [-0.1, -0.05) is 0 Å². The van der Waals surface area contributed by atoms with Crippen LogP contribution in [0.3, 0.4) is 0 Å². The highest BCUT2D eigenvalue weighted by atomic mass is 32.2. The van der Waals surface area contributed by atoms with E-state index in [1.165, 1.54) is 49.1 Å². The Bertz CT molecular complexity index is 1130. The van der Waals surface area contributed by atoms with Crippen molar-refractivity contribution in [3.05, 3.63) is 48.2 Å². The lowest BCUT2D eigenvalue weighted by Crippen LogP contribution is -2.54. The lowest BCUT2D eigenvalue weighted by Gasteiger charge is -2.36. The molecule has 1 aliphatic rings. The average Bonchev–Trinajstić information content (AvgIpc) is 2.78. The molecular weight excluding hydrogens is 475 g/mol. The number of halogens is 3. The molecule has 2 N–H and O–H groups in total. The number of hydrogen-bond donors (Lipinski definition) is 2. The zero-order chi connectivity index (χ0) is 25.1. The van der Waals surface area contributed by atoms with Crippen molar-refractivity contribution in [2.75, 3.05) is 36.4 Å². The first-order chi connectivity index (χ1) is 15.9. The van der Waals surface area contributed by atoms with Crippen LogP contribution in [0.4, 0.5) is 24.7 Å². The number of benzene rings is 1. The maximum Gasteiger partial charge on any atom is 0.417 e. The van der Waals surface area contributed by atoms with E-state index in [1.54, 1.807) is 4.90 Å². The summed E-state index contributed by atoms with van der Waals surface area (Å²) in [5.74, 6) is -0.336. The molecule has 1 aliphatic heterocycles. The fourth-order valence-corrected chi connectivity index (χ4v) is 4.64. The molecule has 9 nitrogen and oxygen atoms in total. The number of sulfonamides is 1. The minimum absolute atomic E-state index is 0.0561. The lowest BCUT2D eigenvalue weighted by atomic mass is 10.2. The Morgan fingerprint density at radius 1 is 1.03 bits per heavy atom. The third kappa shape index (κ3) is 6.23. The third-order valence-electron chi connectivity index (χ3n) is 5.18. The summed E-state index contributed by atoms with van der Waals surface area (Å²) < 4.78 is 65.7. The molecule has 3 rings (SSSR count). The number of nitrogens with one attached hydrogen (secondary N) is 2. The maximum absolute atomic E-state index is 12.8. The second-order valence-corrected chi connectivity index (χ2v) is 9.48. The summed E-state index contributed by atoms with van der Waals surface area (Å²) in [4.78, 5) is 30.9. The molecule has 0 bridgehead atoms. The number of pyridine rings is 1. The molecule has 1 unspecified atom stereocenters. The summed E-state index contributed by atoms with van der Waals surface area (Å²) in [6, 6.07) is 6.74. The first-order valence-corrected chi connectivity index (χ1v) is 11.8. The highest BCUT2D eigenvalue weighted by Crippen LogP contribution is 2.29. The quantitative estimate of drug-likeness (QED) is 0.630. The minimum Gasteiger partial charge on any atom is -0.353 e. The molecule has 0 spiro atoms. The summed E-state index contributed by atoms with van der Waals surface area (Å²) in [6.07, 6.45) is -3.69. The molecule has 34 heavy (non-hydrogen) atoms. The summed E-state index contributed by atoms with van der Waals surface area (Å²) in [6.45, 7) is 3.98. The van der Waals surface area contributed by atoms with E-state index in [0.29, 0.717) is 24.6 Å². The van der Waals surface area contributed by atoms with Crippen molar-refractivity contribution in [1.82, 2.24) is 14.6 Å². The van der Waals surface area contributed by atoms with E-state index < -0.39 is 33.7 Å². The molecule has 2 aromatic rings. The van der Waals surface area contributed by atoms with Crippen molar-refractivity contribution in [3.8, 4) is 0 Å². The van der Waals surface area contributed by atoms with E-state index in [1.807, 2.05) is 0 Å². The number of alkyl halides is 3. The van der Waals surface area contributed by atoms with E-state index in [9.17, 15) is 31.2 Å². The molecular formula is C21H24F3N5O4S. The van der Waals surface area contributed by atoms with Gasteiger partial charge in [0.1, 0.15) is 5.82 Å². The van der Waals surface area contributed by atoms with Crippen molar-refractivity contribution in [3.63, 3.8) is 0 Å². The van der Waals surface area contributed by atoms with Crippen molar-refractivity contribution >= 4 is 33.3 Å². The van der Waals surface area contributed by atoms with E-state index >= 15 is 0 Å². The molecule has 0 radical (unpaired) electrons. The van der Waals surface area contributed by atoms with Gasteiger partial charge in [0.15, 0.2) is 0 Å². The predicted molar refractivity (Wildman–Crippen MR) is 119 cm³/mol. The number of piperazine rings is 1. The van der Waals surface area contributed by atoms with E-state index in [2.05, 4.69) is 15.0 Å². The van der Waals surface area contributed by atoms with Crippen molar-refractivity contribution in [2.45, 2.75) is 31.0 Å². The Morgan fingerprint density at radius 3 is 2.15 bits per heavy atom. The van der Waals surface area contributed by atoms with Crippen LogP contribution in [0.1, 0.15) is 19.4 Å². The number of carbonyl (C=O) groups excluding carboxylic acids is 2. The first-order valence-electron chi connectivity index (χ1n) is 10.3. The topological polar surface area (TPSA) is 112 Å². The van der Waals surface area contributed by atoms with Crippen LogP contribution in [-0.4, -0.2) is 62.3 Å². The van der Waals surface area contributed by atoms with E-state index in [-0.39, 0.29) is 23.9 Å². The Labute approximate surface area is 195 Å². The standard InChI is InChI=1S/C21H24F3N5O4S/c1-14(27-34(32,33)18-6-4-17(5-7-18)26-15(2)30)20(31)29-11-9-28(10-12-29)19-8-3-16(13-25-19)21(22,23)24/h3-8,13-14,27H,9-12H2,1-2H3,(H,26,30). The summed E-state index contributed by atoms with van der Waals surface area (Å²) >= 11 is 0. The van der Waals surface area contributed by atoms with Crippen LogP contribution in [-0.2, 0) is 25.8 Å². The van der Waals surface area contributed by atoms with Gasteiger partial charge in [-0.05, 0) is 43.3 Å². The van der Waals surface area contributed by atoms with Gasteiger partial charge < -0.3 is 15.1 Å².